The van der Waals surface area contributed by atoms with E-state index in [1.54, 1.807) is 0 Å². The third kappa shape index (κ3) is 2.42. The summed E-state index contributed by atoms with van der Waals surface area (Å²) < 4.78 is 17.7. The van der Waals surface area contributed by atoms with Gasteiger partial charge < -0.3 is 4.74 Å². The van der Waals surface area contributed by atoms with Gasteiger partial charge in [-0.1, -0.05) is 0 Å². The minimum Gasteiger partial charge on any atom is -0.370 e. The number of alkyl halides is 1. The van der Waals surface area contributed by atoms with E-state index in [2.05, 4.69) is 18.7 Å². The molecule has 72 valence electrons. The second kappa shape index (κ2) is 4.19. The van der Waals surface area contributed by atoms with E-state index in [4.69, 9.17) is 4.74 Å². The summed E-state index contributed by atoms with van der Waals surface area (Å²) in [4.78, 5) is 2.26. The Kier molecular flexibility index (Phi) is 3.47. The molecule has 0 saturated carbocycles. The Balaban J connectivity index is 2.45. The van der Waals surface area contributed by atoms with Crippen molar-refractivity contribution in [2.45, 2.75) is 39.0 Å². The second-order valence-corrected chi connectivity index (χ2v) is 3.77. The molecule has 0 spiro atoms. The van der Waals surface area contributed by atoms with Crippen LogP contribution >= 0.6 is 0 Å². The maximum atomic E-state index is 12.3. The standard InChI is InChI=1S/C9H18FNO/c1-7(2)11-5-8(3)12-9(4-10)6-11/h7-9H,4-6H2,1-3H3. The molecule has 0 aromatic rings. The summed E-state index contributed by atoms with van der Waals surface area (Å²) in [7, 11) is 0. The van der Waals surface area contributed by atoms with E-state index in [1.165, 1.54) is 0 Å². The number of hydrogen-bond acceptors (Lipinski definition) is 2. The lowest BCUT2D eigenvalue weighted by Gasteiger charge is -2.38. The number of ether oxygens (including phenoxy) is 1. The third-order valence-electron chi connectivity index (χ3n) is 2.26. The van der Waals surface area contributed by atoms with Crippen LogP contribution in [-0.4, -0.2) is 42.9 Å². The van der Waals surface area contributed by atoms with Crippen LogP contribution in [0.1, 0.15) is 20.8 Å². The van der Waals surface area contributed by atoms with Crippen LogP contribution < -0.4 is 0 Å². The van der Waals surface area contributed by atoms with Gasteiger partial charge in [0.05, 0.1) is 12.2 Å². The highest BCUT2D eigenvalue weighted by molar-refractivity contribution is 4.77. The summed E-state index contributed by atoms with van der Waals surface area (Å²) in [6.07, 6.45) is -0.0435. The van der Waals surface area contributed by atoms with E-state index in [0.717, 1.165) is 13.1 Å². The smallest absolute Gasteiger partial charge is 0.117 e. The molecule has 2 nitrogen and oxygen atoms in total. The van der Waals surface area contributed by atoms with Crippen molar-refractivity contribution in [3.63, 3.8) is 0 Å². The molecule has 1 aliphatic heterocycles. The molecule has 1 rings (SSSR count). The van der Waals surface area contributed by atoms with Gasteiger partial charge in [-0.3, -0.25) is 4.90 Å². The molecule has 0 bridgehead atoms. The zero-order chi connectivity index (χ0) is 9.14. The monoisotopic (exact) mass is 175 g/mol. The van der Waals surface area contributed by atoms with Crippen LogP contribution in [0.25, 0.3) is 0 Å². The number of morpholine rings is 1. The molecule has 3 heteroatoms. The van der Waals surface area contributed by atoms with Crippen molar-refractivity contribution in [1.29, 1.82) is 0 Å². The SMILES string of the molecule is CC1CN(C(C)C)CC(CF)O1. The molecule has 2 atom stereocenters. The van der Waals surface area contributed by atoms with Crippen molar-refractivity contribution in [1.82, 2.24) is 4.90 Å². The van der Waals surface area contributed by atoms with E-state index < -0.39 is 0 Å². The molecule has 12 heavy (non-hydrogen) atoms. The summed E-state index contributed by atoms with van der Waals surface area (Å²) in [6, 6.07) is 0.491. The molecule has 0 amide bonds. The van der Waals surface area contributed by atoms with Gasteiger partial charge in [0.15, 0.2) is 0 Å². The van der Waals surface area contributed by atoms with Crippen molar-refractivity contribution in [3.8, 4) is 0 Å². The van der Waals surface area contributed by atoms with Crippen LogP contribution in [0.3, 0.4) is 0 Å². The number of halogens is 1. The van der Waals surface area contributed by atoms with Gasteiger partial charge in [-0.25, -0.2) is 4.39 Å². The summed E-state index contributed by atoms with van der Waals surface area (Å²) >= 11 is 0. The van der Waals surface area contributed by atoms with Gasteiger partial charge in [0.25, 0.3) is 0 Å². The van der Waals surface area contributed by atoms with Crippen molar-refractivity contribution in [2.24, 2.45) is 0 Å². The molecule has 1 fully saturated rings. The normalized spacial score (nSPS) is 32.8. The number of nitrogens with zero attached hydrogens (tertiary/aromatic N) is 1. The summed E-state index contributed by atoms with van der Waals surface area (Å²) in [5.41, 5.74) is 0. The van der Waals surface area contributed by atoms with Crippen LogP contribution in [-0.2, 0) is 4.74 Å². The number of rotatable bonds is 2. The molecule has 1 saturated heterocycles. The topological polar surface area (TPSA) is 12.5 Å². The first-order chi connectivity index (χ1) is 5.63. The molecule has 2 unspecified atom stereocenters. The maximum Gasteiger partial charge on any atom is 0.117 e. The van der Waals surface area contributed by atoms with Crippen molar-refractivity contribution in [3.05, 3.63) is 0 Å². The molecular weight excluding hydrogens is 157 g/mol. The van der Waals surface area contributed by atoms with Crippen LogP contribution in [0.15, 0.2) is 0 Å². The zero-order valence-corrected chi connectivity index (χ0v) is 8.09. The fraction of sp³-hybridized carbons (Fsp3) is 1.00. The Morgan fingerprint density at radius 3 is 2.67 bits per heavy atom. The molecule has 0 aliphatic carbocycles. The van der Waals surface area contributed by atoms with E-state index in [-0.39, 0.29) is 18.9 Å². The average Bonchev–Trinajstić information content (AvgIpc) is 2.03. The second-order valence-electron chi connectivity index (χ2n) is 3.77. The Labute approximate surface area is 73.7 Å². The fourth-order valence-corrected chi connectivity index (χ4v) is 1.59. The lowest BCUT2D eigenvalue weighted by atomic mass is 10.2. The molecule has 0 N–H and O–H groups in total. The summed E-state index contributed by atoms with van der Waals surface area (Å²) in [6.45, 7) is 7.55. The fourth-order valence-electron chi connectivity index (χ4n) is 1.59. The largest absolute Gasteiger partial charge is 0.370 e. The summed E-state index contributed by atoms with van der Waals surface area (Å²) in [5.74, 6) is 0. The van der Waals surface area contributed by atoms with Gasteiger partial charge in [-0.2, -0.15) is 0 Å². The Bertz CT molecular complexity index is 140. The van der Waals surface area contributed by atoms with Crippen LogP contribution in [0.5, 0.6) is 0 Å². The first-order valence-corrected chi connectivity index (χ1v) is 4.59. The highest BCUT2D eigenvalue weighted by Gasteiger charge is 2.26. The lowest BCUT2D eigenvalue weighted by molar-refractivity contribution is -0.0920. The predicted molar refractivity (Wildman–Crippen MR) is 47.0 cm³/mol. The van der Waals surface area contributed by atoms with E-state index in [9.17, 15) is 4.39 Å². The van der Waals surface area contributed by atoms with E-state index in [1.807, 2.05) is 6.92 Å². The highest BCUT2D eigenvalue weighted by atomic mass is 19.1. The highest BCUT2D eigenvalue weighted by Crippen LogP contribution is 2.13. The molecule has 1 aliphatic rings. The van der Waals surface area contributed by atoms with Gasteiger partial charge in [-0.05, 0) is 20.8 Å². The Morgan fingerprint density at radius 1 is 1.50 bits per heavy atom. The quantitative estimate of drug-likeness (QED) is 0.630. The average molecular weight is 175 g/mol. The molecule has 0 radical (unpaired) electrons. The minimum atomic E-state index is -0.368. The van der Waals surface area contributed by atoms with E-state index >= 15 is 0 Å². The van der Waals surface area contributed by atoms with Crippen molar-refractivity contribution < 1.29 is 9.13 Å². The minimum absolute atomic E-state index is 0.168. The van der Waals surface area contributed by atoms with Crippen molar-refractivity contribution >= 4 is 0 Å². The maximum absolute atomic E-state index is 12.3. The summed E-state index contributed by atoms with van der Waals surface area (Å²) in [5, 5.41) is 0. The van der Waals surface area contributed by atoms with Crippen LogP contribution in [0, 0.1) is 0 Å². The van der Waals surface area contributed by atoms with Gasteiger partial charge in [0.1, 0.15) is 6.67 Å². The van der Waals surface area contributed by atoms with Gasteiger partial charge in [0, 0.05) is 19.1 Å². The van der Waals surface area contributed by atoms with Crippen LogP contribution in [0.4, 0.5) is 4.39 Å². The number of hydrogen-bond donors (Lipinski definition) is 0. The first-order valence-electron chi connectivity index (χ1n) is 4.59. The van der Waals surface area contributed by atoms with Gasteiger partial charge in [-0.15, -0.1) is 0 Å². The Morgan fingerprint density at radius 2 is 2.17 bits per heavy atom. The molecular formula is C9H18FNO. The van der Waals surface area contributed by atoms with Crippen molar-refractivity contribution in [2.75, 3.05) is 19.8 Å². The van der Waals surface area contributed by atoms with Crippen LogP contribution in [0.2, 0.25) is 0 Å². The first kappa shape index (κ1) is 9.93. The zero-order valence-electron chi connectivity index (χ0n) is 8.09. The van der Waals surface area contributed by atoms with Gasteiger partial charge in [0.2, 0.25) is 0 Å². The van der Waals surface area contributed by atoms with E-state index in [0.29, 0.717) is 6.04 Å². The molecule has 0 aromatic carbocycles. The molecule has 1 heterocycles. The lowest BCUT2D eigenvalue weighted by Crippen LogP contribution is -2.49. The predicted octanol–water partition coefficient (Wildman–Crippen LogP) is 1.45. The van der Waals surface area contributed by atoms with Gasteiger partial charge >= 0.3 is 0 Å². The molecule has 0 aromatic heterocycles. The third-order valence-corrected chi connectivity index (χ3v) is 2.26. The Hall–Kier alpha value is -0.150.